The van der Waals surface area contributed by atoms with E-state index in [-0.39, 0.29) is 12.0 Å². The predicted octanol–water partition coefficient (Wildman–Crippen LogP) is 1.16. The zero-order chi connectivity index (χ0) is 12.1. The predicted molar refractivity (Wildman–Crippen MR) is 66.9 cm³/mol. The molecule has 2 aliphatic rings. The third-order valence-electron chi connectivity index (χ3n) is 3.88. The molecule has 0 aliphatic carbocycles. The number of hydrogen-bond donors (Lipinski definition) is 1. The summed E-state index contributed by atoms with van der Waals surface area (Å²) in [6, 6.07) is 0.595. The largest absolute Gasteiger partial charge is 0.465 e. The summed E-state index contributed by atoms with van der Waals surface area (Å²) in [5.74, 6) is -0.00858. The molecule has 1 atom stereocenters. The summed E-state index contributed by atoms with van der Waals surface area (Å²) in [4.78, 5) is 14.4. The maximum Gasteiger partial charge on any atom is 0.323 e. The molecule has 2 aliphatic heterocycles. The maximum atomic E-state index is 12.0. The van der Waals surface area contributed by atoms with Gasteiger partial charge in [0.15, 0.2) is 0 Å². The lowest BCUT2D eigenvalue weighted by Gasteiger charge is -2.41. The van der Waals surface area contributed by atoms with Crippen LogP contribution in [-0.2, 0) is 9.53 Å². The first-order chi connectivity index (χ1) is 8.33. The zero-order valence-electron chi connectivity index (χ0n) is 10.8. The van der Waals surface area contributed by atoms with Gasteiger partial charge in [0, 0.05) is 6.04 Å². The van der Waals surface area contributed by atoms with Crippen LogP contribution in [0.25, 0.3) is 0 Å². The van der Waals surface area contributed by atoms with Crippen molar-refractivity contribution in [1.82, 2.24) is 10.2 Å². The minimum atomic E-state index is -0.00858. The Morgan fingerprint density at radius 1 is 1.29 bits per heavy atom. The first-order valence-electron chi connectivity index (χ1n) is 6.96. The second-order valence-corrected chi connectivity index (χ2v) is 4.98. The highest BCUT2D eigenvalue weighted by molar-refractivity contribution is 5.75. The Hall–Kier alpha value is -0.610. The van der Waals surface area contributed by atoms with Crippen LogP contribution in [0.15, 0.2) is 0 Å². The van der Waals surface area contributed by atoms with Gasteiger partial charge in [-0.1, -0.05) is 6.42 Å². The van der Waals surface area contributed by atoms with Crippen molar-refractivity contribution in [1.29, 1.82) is 0 Å². The molecule has 2 heterocycles. The average Bonchev–Trinajstić information content (AvgIpc) is 2.40. The van der Waals surface area contributed by atoms with Crippen LogP contribution < -0.4 is 5.32 Å². The number of ether oxygens (including phenoxy) is 1. The lowest BCUT2D eigenvalue weighted by molar-refractivity contribution is -0.152. The zero-order valence-corrected chi connectivity index (χ0v) is 10.8. The number of hydrogen-bond acceptors (Lipinski definition) is 4. The molecule has 0 aromatic rings. The minimum Gasteiger partial charge on any atom is -0.465 e. The van der Waals surface area contributed by atoms with Gasteiger partial charge in [-0.25, -0.2) is 0 Å². The van der Waals surface area contributed by atoms with Gasteiger partial charge in [-0.3, -0.25) is 9.69 Å². The standard InChI is InChI=1S/C13H24N2O2/c1-2-17-13(16)12-5-3-4-10-15(12)11-6-8-14-9-7-11/h11-12,14H,2-10H2,1H3/t12-/m0/s1. The number of carbonyl (C=O) groups is 1. The van der Waals surface area contributed by atoms with E-state index in [2.05, 4.69) is 10.2 Å². The van der Waals surface area contributed by atoms with Crippen molar-refractivity contribution in [3.8, 4) is 0 Å². The van der Waals surface area contributed by atoms with Crippen LogP contribution in [0.2, 0.25) is 0 Å². The van der Waals surface area contributed by atoms with Crippen LogP contribution in [0.1, 0.15) is 39.0 Å². The normalized spacial score (nSPS) is 27.9. The van der Waals surface area contributed by atoms with E-state index in [9.17, 15) is 4.79 Å². The Kier molecular flexibility index (Phi) is 4.80. The molecular formula is C13H24N2O2. The monoisotopic (exact) mass is 240 g/mol. The number of piperidine rings is 2. The molecule has 0 unspecified atom stereocenters. The molecule has 17 heavy (non-hydrogen) atoms. The maximum absolute atomic E-state index is 12.0. The highest BCUT2D eigenvalue weighted by atomic mass is 16.5. The smallest absolute Gasteiger partial charge is 0.323 e. The van der Waals surface area contributed by atoms with Gasteiger partial charge in [0.1, 0.15) is 6.04 Å². The van der Waals surface area contributed by atoms with Crippen molar-refractivity contribution in [2.45, 2.75) is 51.1 Å². The van der Waals surface area contributed by atoms with E-state index in [0.29, 0.717) is 12.6 Å². The fourth-order valence-electron chi connectivity index (χ4n) is 3.02. The van der Waals surface area contributed by atoms with Gasteiger partial charge in [-0.2, -0.15) is 0 Å². The van der Waals surface area contributed by atoms with Gasteiger partial charge >= 0.3 is 5.97 Å². The van der Waals surface area contributed by atoms with Crippen LogP contribution in [0.4, 0.5) is 0 Å². The van der Waals surface area contributed by atoms with Gasteiger partial charge in [-0.05, 0) is 52.2 Å². The molecule has 2 fully saturated rings. The average molecular weight is 240 g/mol. The molecular weight excluding hydrogens is 216 g/mol. The number of esters is 1. The molecule has 98 valence electrons. The summed E-state index contributed by atoms with van der Waals surface area (Å²) in [6.45, 7) is 5.60. The van der Waals surface area contributed by atoms with E-state index in [1.54, 1.807) is 0 Å². The fraction of sp³-hybridized carbons (Fsp3) is 0.923. The minimum absolute atomic E-state index is 0.00858. The van der Waals surface area contributed by atoms with E-state index >= 15 is 0 Å². The van der Waals surface area contributed by atoms with E-state index in [4.69, 9.17) is 4.74 Å². The molecule has 0 saturated carbocycles. The SMILES string of the molecule is CCOC(=O)[C@@H]1CCCCN1C1CCNCC1. The first kappa shape index (κ1) is 12.8. The van der Waals surface area contributed by atoms with E-state index < -0.39 is 0 Å². The quantitative estimate of drug-likeness (QED) is 0.752. The van der Waals surface area contributed by atoms with Crippen LogP contribution in [0.5, 0.6) is 0 Å². The van der Waals surface area contributed by atoms with Gasteiger partial charge in [0.2, 0.25) is 0 Å². The van der Waals surface area contributed by atoms with E-state index in [1.807, 2.05) is 6.92 Å². The Morgan fingerprint density at radius 3 is 2.76 bits per heavy atom. The van der Waals surface area contributed by atoms with Gasteiger partial charge in [0.05, 0.1) is 6.61 Å². The number of likely N-dealkylation sites (tertiary alicyclic amines) is 1. The second-order valence-electron chi connectivity index (χ2n) is 4.98. The highest BCUT2D eigenvalue weighted by Crippen LogP contribution is 2.24. The summed E-state index contributed by atoms with van der Waals surface area (Å²) in [6.07, 6.45) is 5.68. The molecule has 0 bridgehead atoms. The van der Waals surface area contributed by atoms with E-state index in [1.165, 1.54) is 6.42 Å². The molecule has 0 aromatic carbocycles. The molecule has 2 rings (SSSR count). The van der Waals surface area contributed by atoms with Gasteiger partial charge in [-0.15, -0.1) is 0 Å². The van der Waals surface area contributed by atoms with Crippen molar-refractivity contribution < 1.29 is 9.53 Å². The Bertz CT molecular complexity index is 252. The van der Waals surface area contributed by atoms with Crippen molar-refractivity contribution in [3.05, 3.63) is 0 Å². The highest BCUT2D eigenvalue weighted by Gasteiger charge is 2.34. The Morgan fingerprint density at radius 2 is 2.06 bits per heavy atom. The van der Waals surface area contributed by atoms with Gasteiger partial charge < -0.3 is 10.1 Å². The molecule has 4 heteroatoms. The summed E-state index contributed by atoms with van der Waals surface area (Å²) in [5.41, 5.74) is 0. The summed E-state index contributed by atoms with van der Waals surface area (Å²) in [7, 11) is 0. The number of nitrogens with one attached hydrogen (secondary N) is 1. The lowest BCUT2D eigenvalue weighted by Crippen LogP contribution is -2.53. The van der Waals surface area contributed by atoms with E-state index in [0.717, 1.165) is 45.3 Å². The second kappa shape index (κ2) is 6.36. The summed E-state index contributed by atoms with van der Waals surface area (Å²) in [5, 5.41) is 3.38. The topological polar surface area (TPSA) is 41.6 Å². The fourth-order valence-corrected chi connectivity index (χ4v) is 3.02. The summed E-state index contributed by atoms with van der Waals surface area (Å²) < 4.78 is 5.21. The van der Waals surface area contributed by atoms with Crippen LogP contribution in [0.3, 0.4) is 0 Å². The molecule has 2 saturated heterocycles. The lowest BCUT2D eigenvalue weighted by atomic mass is 9.95. The van der Waals surface area contributed by atoms with Crippen LogP contribution in [-0.4, -0.2) is 49.2 Å². The summed E-state index contributed by atoms with van der Waals surface area (Å²) >= 11 is 0. The molecule has 0 amide bonds. The molecule has 0 radical (unpaired) electrons. The Labute approximate surface area is 104 Å². The van der Waals surface area contributed by atoms with Crippen molar-refractivity contribution in [2.24, 2.45) is 0 Å². The van der Waals surface area contributed by atoms with Crippen LogP contribution >= 0.6 is 0 Å². The van der Waals surface area contributed by atoms with Gasteiger partial charge in [0.25, 0.3) is 0 Å². The number of carbonyl (C=O) groups excluding carboxylic acids is 1. The Balaban J connectivity index is 1.97. The first-order valence-corrected chi connectivity index (χ1v) is 6.96. The molecule has 4 nitrogen and oxygen atoms in total. The molecule has 0 spiro atoms. The van der Waals surface area contributed by atoms with Crippen molar-refractivity contribution >= 4 is 5.97 Å². The van der Waals surface area contributed by atoms with Crippen molar-refractivity contribution in [2.75, 3.05) is 26.2 Å². The third kappa shape index (κ3) is 3.19. The van der Waals surface area contributed by atoms with Crippen molar-refractivity contribution in [3.63, 3.8) is 0 Å². The molecule has 0 aromatic heterocycles. The number of nitrogens with zero attached hydrogens (tertiary/aromatic N) is 1. The molecule has 1 N–H and O–H groups in total. The van der Waals surface area contributed by atoms with Crippen LogP contribution in [0, 0.1) is 0 Å². The third-order valence-corrected chi connectivity index (χ3v) is 3.88. The number of rotatable bonds is 3.